The van der Waals surface area contributed by atoms with Crippen molar-refractivity contribution >= 4 is 5.91 Å². The third kappa shape index (κ3) is 3.39. The third-order valence-electron chi connectivity index (χ3n) is 2.72. The van der Waals surface area contributed by atoms with Gasteiger partial charge in [-0.2, -0.15) is 0 Å². The zero-order valence-corrected chi connectivity index (χ0v) is 8.94. The van der Waals surface area contributed by atoms with Gasteiger partial charge in [-0.3, -0.25) is 4.79 Å². The van der Waals surface area contributed by atoms with Crippen molar-refractivity contribution in [3.63, 3.8) is 0 Å². The molecular weight excluding hydrogens is 176 g/mol. The Labute approximate surface area is 85.6 Å². The molecular formula is C11H18N2O. The maximum absolute atomic E-state index is 11.1. The van der Waals surface area contributed by atoms with E-state index in [1.807, 2.05) is 0 Å². The van der Waals surface area contributed by atoms with Gasteiger partial charge in [-0.25, -0.2) is 0 Å². The quantitative estimate of drug-likeness (QED) is 0.629. The highest BCUT2D eigenvalue weighted by Crippen LogP contribution is 2.26. The summed E-state index contributed by atoms with van der Waals surface area (Å²) >= 11 is 0. The number of hydrogen-bond acceptors (Lipinski definition) is 2. The summed E-state index contributed by atoms with van der Waals surface area (Å²) in [5.41, 5.74) is 0.246. The molecule has 0 aromatic heterocycles. The lowest BCUT2D eigenvalue weighted by molar-refractivity contribution is -0.116. The van der Waals surface area contributed by atoms with E-state index in [2.05, 4.69) is 29.4 Å². The van der Waals surface area contributed by atoms with E-state index < -0.39 is 0 Å². The lowest BCUT2D eigenvalue weighted by Gasteiger charge is -2.33. The molecule has 2 N–H and O–H groups in total. The zero-order valence-electron chi connectivity index (χ0n) is 8.94. The van der Waals surface area contributed by atoms with E-state index in [9.17, 15) is 4.79 Å². The van der Waals surface area contributed by atoms with Gasteiger partial charge in [0.1, 0.15) is 0 Å². The van der Waals surface area contributed by atoms with Crippen molar-refractivity contribution in [1.29, 1.82) is 0 Å². The first kappa shape index (κ1) is 11.1. The molecule has 0 spiro atoms. The largest absolute Gasteiger partial charge is 0.345 e. The fourth-order valence-corrected chi connectivity index (χ4v) is 1.66. The highest BCUT2D eigenvalue weighted by atomic mass is 16.1. The minimum Gasteiger partial charge on any atom is -0.345 e. The van der Waals surface area contributed by atoms with E-state index in [1.165, 1.54) is 0 Å². The van der Waals surface area contributed by atoms with Crippen LogP contribution in [0, 0.1) is 17.3 Å². The van der Waals surface area contributed by atoms with Crippen molar-refractivity contribution in [3.05, 3.63) is 0 Å². The summed E-state index contributed by atoms with van der Waals surface area (Å²) in [5.74, 6) is 4.92. The second-order valence-electron chi connectivity index (χ2n) is 4.12. The molecule has 3 heteroatoms. The molecule has 0 aromatic rings. The van der Waals surface area contributed by atoms with Crippen LogP contribution >= 0.6 is 0 Å². The molecule has 3 nitrogen and oxygen atoms in total. The standard InChI is InChI=1S/C11H18N2O/c1-3-4-10(14)13-9-11(2)5-7-12-8-6-11/h12H,5-9H2,1-2H3,(H,13,14). The highest BCUT2D eigenvalue weighted by molar-refractivity contribution is 5.93. The van der Waals surface area contributed by atoms with Crippen LogP contribution in [0.15, 0.2) is 0 Å². The maximum atomic E-state index is 11.1. The minimum absolute atomic E-state index is 0.160. The van der Waals surface area contributed by atoms with Crippen LogP contribution in [0.5, 0.6) is 0 Å². The van der Waals surface area contributed by atoms with Crippen LogP contribution in [-0.2, 0) is 4.79 Å². The summed E-state index contributed by atoms with van der Waals surface area (Å²) in [6.45, 7) is 6.72. The van der Waals surface area contributed by atoms with Crippen molar-refractivity contribution in [3.8, 4) is 11.8 Å². The summed E-state index contributed by atoms with van der Waals surface area (Å²) in [6, 6.07) is 0. The molecule has 0 aromatic carbocycles. The van der Waals surface area contributed by atoms with Crippen LogP contribution in [0.25, 0.3) is 0 Å². The number of hydrogen-bond donors (Lipinski definition) is 2. The Bertz CT molecular complexity index is 256. The molecule has 1 aliphatic heterocycles. The van der Waals surface area contributed by atoms with E-state index in [-0.39, 0.29) is 11.3 Å². The van der Waals surface area contributed by atoms with Crippen molar-refractivity contribution < 1.29 is 4.79 Å². The highest BCUT2D eigenvalue weighted by Gasteiger charge is 2.26. The van der Waals surface area contributed by atoms with Gasteiger partial charge in [0.25, 0.3) is 5.91 Å². The van der Waals surface area contributed by atoms with Gasteiger partial charge in [0.15, 0.2) is 0 Å². The second-order valence-corrected chi connectivity index (χ2v) is 4.12. The summed E-state index contributed by atoms with van der Waals surface area (Å²) in [5, 5.41) is 6.17. The van der Waals surface area contributed by atoms with Gasteiger partial charge >= 0.3 is 0 Å². The molecule has 1 heterocycles. The van der Waals surface area contributed by atoms with Crippen LogP contribution in [0.2, 0.25) is 0 Å². The number of rotatable bonds is 2. The van der Waals surface area contributed by atoms with E-state index in [0.717, 1.165) is 32.5 Å². The zero-order chi connectivity index (χ0) is 10.4. The Balaban J connectivity index is 2.34. The lowest BCUT2D eigenvalue weighted by Crippen LogP contribution is -2.42. The topological polar surface area (TPSA) is 41.1 Å². The molecule has 1 rings (SSSR count). The molecule has 0 radical (unpaired) electrons. The number of carbonyl (C=O) groups excluding carboxylic acids is 1. The molecule has 1 fully saturated rings. The Hall–Kier alpha value is -1.01. The summed E-state index contributed by atoms with van der Waals surface area (Å²) in [6.07, 6.45) is 2.24. The predicted octanol–water partition coefficient (Wildman–Crippen LogP) is 0.516. The monoisotopic (exact) mass is 194 g/mol. The van der Waals surface area contributed by atoms with Crippen LogP contribution in [0.4, 0.5) is 0 Å². The maximum Gasteiger partial charge on any atom is 0.295 e. The van der Waals surface area contributed by atoms with Crippen LogP contribution in [0.1, 0.15) is 26.7 Å². The molecule has 1 amide bonds. The minimum atomic E-state index is -0.160. The van der Waals surface area contributed by atoms with E-state index in [1.54, 1.807) is 6.92 Å². The number of piperidine rings is 1. The van der Waals surface area contributed by atoms with Gasteiger partial charge in [0, 0.05) is 6.54 Å². The summed E-state index contributed by atoms with van der Waals surface area (Å²) in [7, 11) is 0. The van der Waals surface area contributed by atoms with Crippen LogP contribution in [0.3, 0.4) is 0 Å². The van der Waals surface area contributed by atoms with Gasteiger partial charge < -0.3 is 10.6 Å². The number of amides is 1. The average molecular weight is 194 g/mol. The van der Waals surface area contributed by atoms with Gasteiger partial charge in [-0.1, -0.05) is 12.8 Å². The molecule has 14 heavy (non-hydrogen) atoms. The van der Waals surface area contributed by atoms with Gasteiger partial charge in [0.2, 0.25) is 0 Å². The SMILES string of the molecule is CC#CC(=O)NCC1(C)CCNCC1. The van der Waals surface area contributed by atoms with E-state index in [0.29, 0.717) is 0 Å². The Morgan fingerprint density at radius 1 is 1.50 bits per heavy atom. The molecule has 1 saturated heterocycles. The fourth-order valence-electron chi connectivity index (χ4n) is 1.66. The Morgan fingerprint density at radius 2 is 2.14 bits per heavy atom. The van der Waals surface area contributed by atoms with Crippen LogP contribution in [-0.4, -0.2) is 25.5 Å². The average Bonchev–Trinajstić information content (AvgIpc) is 2.17. The van der Waals surface area contributed by atoms with Gasteiger partial charge in [-0.15, -0.1) is 0 Å². The van der Waals surface area contributed by atoms with Crippen molar-refractivity contribution in [2.24, 2.45) is 5.41 Å². The molecule has 0 aliphatic carbocycles. The normalized spacial score (nSPS) is 19.3. The molecule has 0 unspecified atom stereocenters. The summed E-state index contributed by atoms with van der Waals surface area (Å²) < 4.78 is 0. The van der Waals surface area contributed by atoms with Crippen molar-refractivity contribution in [1.82, 2.24) is 10.6 Å². The Morgan fingerprint density at radius 3 is 2.71 bits per heavy atom. The van der Waals surface area contributed by atoms with Gasteiger partial charge in [0.05, 0.1) is 0 Å². The van der Waals surface area contributed by atoms with E-state index >= 15 is 0 Å². The second kappa shape index (κ2) is 5.02. The fraction of sp³-hybridized carbons (Fsp3) is 0.727. The van der Waals surface area contributed by atoms with Crippen molar-refractivity contribution in [2.75, 3.05) is 19.6 Å². The first-order valence-electron chi connectivity index (χ1n) is 5.08. The van der Waals surface area contributed by atoms with Gasteiger partial charge in [-0.05, 0) is 44.2 Å². The van der Waals surface area contributed by atoms with Crippen molar-refractivity contribution in [2.45, 2.75) is 26.7 Å². The molecule has 0 atom stereocenters. The number of carbonyl (C=O) groups is 1. The smallest absolute Gasteiger partial charge is 0.295 e. The Kier molecular flexibility index (Phi) is 3.97. The molecule has 0 saturated carbocycles. The molecule has 0 bridgehead atoms. The third-order valence-corrected chi connectivity index (χ3v) is 2.72. The van der Waals surface area contributed by atoms with E-state index in [4.69, 9.17) is 0 Å². The first-order valence-corrected chi connectivity index (χ1v) is 5.08. The summed E-state index contributed by atoms with van der Waals surface area (Å²) in [4.78, 5) is 11.1. The molecule has 78 valence electrons. The predicted molar refractivity (Wildman–Crippen MR) is 56.7 cm³/mol. The molecule has 1 aliphatic rings. The first-order chi connectivity index (χ1) is 6.66. The van der Waals surface area contributed by atoms with Crippen LogP contribution < -0.4 is 10.6 Å². The lowest BCUT2D eigenvalue weighted by atomic mass is 9.81. The number of nitrogens with one attached hydrogen (secondary N) is 2.